The molecule has 7 nitrogen and oxygen atoms in total. The molecule has 166 valence electrons. The SMILES string of the molecule is CCCCCCCCOC(=O)C(/C=C(/CCCCCCCC)OO)SOO[O-].[Na+]. The Labute approximate surface area is 202 Å². The van der Waals surface area contributed by atoms with Crippen molar-refractivity contribution in [2.24, 2.45) is 0 Å². The largest absolute Gasteiger partial charge is 1.00 e. The Morgan fingerprint density at radius 1 is 0.966 bits per heavy atom. The second-order valence-electron chi connectivity index (χ2n) is 6.83. The van der Waals surface area contributed by atoms with E-state index in [2.05, 4.69) is 28.1 Å². The quantitative estimate of drug-likeness (QED) is 0.0581. The van der Waals surface area contributed by atoms with E-state index >= 15 is 0 Å². The zero-order chi connectivity index (χ0) is 20.9. The van der Waals surface area contributed by atoms with E-state index in [1.165, 1.54) is 44.6 Å². The van der Waals surface area contributed by atoms with Gasteiger partial charge in [0.2, 0.25) is 0 Å². The Kier molecular flexibility index (Phi) is 26.5. The summed E-state index contributed by atoms with van der Waals surface area (Å²) >= 11 is 0.522. The van der Waals surface area contributed by atoms with Gasteiger partial charge in [-0.15, -0.1) is 0 Å². The number of allylic oxidation sites excluding steroid dienone is 1. The Hall–Kier alpha value is 0.200. The van der Waals surface area contributed by atoms with Crippen molar-refractivity contribution in [3.63, 3.8) is 0 Å². The van der Waals surface area contributed by atoms with E-state index in [-0.39, 0.29) is 35.3 Å². The predicted molar refractivity (Wildman–Crippen MR) is 108 cm³/mol. The second-order valence-corrected chi connectivity index (χ2v) is 7.67. The summed E-state index contributed by atoms with van der Waals surface area (Å²) in [6, 6.07) is 0. The summed E-state index contributed by atoms with van der Waals surface area (Å²) in [6.07, 6.45) is 15.0. The van der Waals surface area contributed by atoms with Crippen LogP contribution in [-0.2, 0) is 23.8 Å². The normalized spacial score (nSPS) is 12.3. The van der Waals surface area contributed by atoms with Crippen LogP contribution in [0, 0.1) is 0 Å². The monoisotopic (exact) mass is 444 g/mol. The minimum atomic E-state index is -0.948. The minimum absolute atomic E-state index is 0. The van der Waals surface area contributed by atoms with Crippen molar-refractivity contribution in [1.29, 1.82) is 0 Å². The van der Waals surface area contributed by atoms with Crippen LogP contribution < -0.4 is 34.8 Å². The Balaban J connectivity index is 0. The van der Waals surface area contributed by atoms with Crippen LogP contribution in [0.25, 0.3) is 0 Å². The fourth-order valence-corrected chi connectivity index (χ4v) is 3.21. The topological polar surface area (TPSA) is 97.3 Å². The van der Waals surface area contributed by atoms with Crippen molar-refractivity contribution in [3.05, 3.63) is 11.8 Å². The first-order valence-corrected chi connectivity index (χ1v) is 11.3. The van der Waals surface area contributed by atoms with Crippen molar-refractivity contribution in [2.75, 3.05) is 6.61 Å². The fourth-order valence-electron chi connectivity index (χ4n) is 2.74. The molecule has 0 saturated heterocycles. The molecule has 29 heavy (non-hydrogen) atoms. The fraction of sp³-hybridized carbons (Fsp3) is 0.850. The Morgan fingerprint density at radius 3 is 2.07 bits per heavy atom. The number of carbonyl (C=O) groups is 1. The van der Waals surface area contributed by atoms with Crippen molar-refractivity contribution in [2.45, 2.75) is 103 Å². The molecule has 0 aliphatic carbocycles. The summed E-state index contributed by atoms with van der Waals surface area (Å²) in [4.78, 5) is 16.6. The summed E-state index contributed by atoms with van der Waals surface area (Å²) < 4.78 is 9.53. The van der Waals surface area contributed by atoms with Crippen LogP contribution in [0.1, 0.15) is 97.3 Å². The van der Waals surface area contributed by atoms with Gasteiger partial charge in [-0.05, 0) is 18.9 Å². The molecule has 0 fully saturated rings. The molecule has 1 atom stereocenters. The molecule has 9 heteroatoms. The second kappa shape index (κ2) is 24.5. The van der Waals surface area contributed by atoms with Crippen LogP contribution in [0.5, 0.6) is 0 Å². The van der Waals surface area contributed by atoms with Gasteiger partial charge in [-0.1, -0.05) is 78.1 Å². The van der Waals surface area contributed by atoms with Gasteiger partial charge >= 0.3 is 35.5 Å². The third-order valence-electron chi connectivity index (χ3n) is 4.38. The molecule has 0 bridgehead atoms. The van der Waals surface area contributed by atoms with Crippen molar-refractivity contribution >= 4 is 18.0 Å². The standard InChI is InChI=1S/C20H38O7S.Na/c1-3-5-7-9-11-13-15-18(25-22)17-19(28-27-26-23)20(21)24-16-14-12-10-8-6-4-2;/h17,19,22-23H,3-16H2,1-2H3;/q;+1/p-1/b18-17-;. The van der Waals surface area contributed by atoms with Crippen LogP contribution in [0.3, 0.4) is 0 Å². The molecule has 0 heterocycles. The number of unbranched alkanes of at least 4 members (excludes halogenated alkanes) is 10. The summed E-state index contributed by atoms with van der Waals surface area (Å²) in [5.74, 6) is -0.313. The molecule has 1 N–H and O–H groups in total. The first kappa shape index (κ1) is 31.4. The van der Waals surface area contributed by atoms with E-state index in [1.807, 2.05) is 0 Å². The molecule has 0 aliphatic rings. The zero-order valence-electron chi connectivity index (χ0n) is 18.4. The van der Waals surface area contributed by atoms with E-state index in [0.29, 0.717) is 25.1 Å². The van der Waals surface area contributed by atoms with E-state index in [9.17, 15) is 10.1 Å². The van der Waals surface area contributed by atoms with Crippen LogP contribution >= 0.6 is 12.0 Å². The van der Waals surface area contributed by atoms with Crippen LogP contribution in [-0.4, -0.2) is 23.1 Å². The van der Waals surface area contributed by atoms with Crippen molar-refractivity contribution in [1.82, 2.24) is 0 Å². The molecule has 0 aliphatic heterocycles. The van der Waals surface area contributed by atoms with E-state index in [0.717, 1.165) is 38.5 Å². The Morgan fingerprint density at radius 2 is 1.52 bits per heavy atom. The third-order valence-corrected chi connectivity index (χ3v) is 5.05. The number of hydrogen-bond donors (Lipinski definition) is 1. The summed E-state index contributed by atoms with van der Waals surface area (Å²) in [7, 11) is 0. The van der Waals surface area contributed by atoms with Gasteiger partial charge in [0.15, 0.2) is 5.25 Å². The number of rotatable bonds is 20. The molecule has 0 amide bonds. The molecule has 0 aromatic carbocycles. The maximum Gasteiger partial charge on any atom is 1.00 e. The van der Waals surface area contributed by atoms with Crippen LogP contribution in [0.4, 0.5) is 0 Å². The third kappa shape index (κ3) is 19.9. The van der Waals surface area contributed by atoms with Gasteiger partial charge in [0.25, 0.3) is 0 Å². The maximum atomic E-state index is 12.2. The van der Waals surface area contributed by atoms with Crippen molar-refractivity contribution < 1.29 is 63.9 Å². The van der Waals surface area contributed by atoms with Gasteiger partial charge in [-0.2, -0.15) is 4.33 Å². The first-order valence-electron chi connectivity index (χ1n) is 10.5. The molecule has 1 unspecified atom stereocenters. The van der Waals surface area contributed by atoms with Gasteiger partial charge in [0, 0.05) is 6.42 Å². The van der Waals surface area contributed by atoms with Gasteiger partial charge in [0.1, 0.15) is 5.76 Å². The molecule has 0 spiro atoms. The summed E-state index contributed by atoms with van der Waals surface area (Å²) in [5.41, 5.74) is 0. The van der Waals surface area contributed by atoms with Gasteiger partial charge in [0.05, 0.1) is 18.6 Å². The molecular weight excluding hydrogens is 407 g/mol. The summed E-state index contributed by atoms with van der Waals surface area (Å²) in [6.45, 7) is 4.63. The Bertz CT molecular complexity index is 397. The maximum absolute atomic E-state index is 12.2. The van der Waals surface area contributed by atoms with Crippen molar-refractivity contribution in [3.8, 4) is 0 Å². The van der Waals surface area contributed by atoms with E-state index in [1.54, 1.807) is 0 Å². The van der Waals surface area contributed by atoms with Crippen LogP contribution in [0.2, 0.25) is 0 Å². The van der Waals surface area contributed by atoms with E-state index < -0.39 is 11.2 Å². The number of hydrogen-bond acceptors (Lipinski definition) is 8. The van der Waals surface area contributed by atoms with E-state index in [4.69, 9.17) is 9.99 Å². The first-order chi connectivity index (χ1) is 13.7. The molecule has 0 aromatic heterocycles. The minimum Gasteiger partial charge on any atom is -0.691 e. The summed E-state index contributed by atoms with van der Waals surface area (Å²) in [5, 5.41) is 21.6. The number of ether oxygens (including phenoxy) is 1. The molecule has 0 aromatic rings. The molecule has 0 saturated carbocycles. The van der Waals surface area contributed by atoms with Gasteiger partial charge < -0.3 is 14.9 Å². The van der Waals surface area contributed by atoms with Gasteiger partial charge in [-0.25, -0.2) is 5.26 Å². The average molecular weight is 445 g/mol. The molecular formula is C20H37NaO7S. The average Bonchev–Trinajstić information content (AvgIpc) is 2.71. The smallest absolute Gasteiger partial charge is 0.691 e. The van der Waals surface area contributed by atoms with Gasteiger partial charge in [-0.3, -0.25) is 9.83 Å². The predicted octanol–water partition coefficient (Wildman–Crippen LogP) is 2.26. The van der Waals surface area contributed by atoms with Crippen LogP contribution in [0.15, 0.2) is 11.8 Å². The number of esters is 1. The zero-order valence-corrected chi connectivity index (χ0v) is 21.2. The molecule has 0 radical (unpaired) electrons. The number of carbonyl (C=O) groups excluding carboxylic acids is 1. The molecule has 0 rings (SSSR count).